The van der Waals surface area contributed by atoms with Crippen LogP contribution in [-0.2, 0) is 9.53 Å². The van der Waals surface area contributed by atoms with Crippen LogP contribution in [0.1, 0.15) is 12.8 Å². The fourth-order valence-corrected chi connectivity index (χ4v) is 1.40. The summed E-state index contributed by atoms with van der Waals surface area (Å²) >= 11 is 0. The molecule has 4 heteroatoms. The third kappa shape index (κ3) is 1.26. The van der Waals surface area contributed by atoms with E-state index in [9.17, 15) is 4.79 Å². The monoisotopic (exact) mass is 154 g/mol. The number of ether oxygens (including phenoxy) is 1. The van der Waals surface area contributed by atoms with Crippen molar-refractivity contribution < 1.29 is 9.53 Å². The van der Waals surface area contributed by atoms with Gasteiger partial charge in [-0.05, 0) is 19.4 Å². The van der Waals surface area contributed by atoms with Crippen LogP contribution < -0.4 is 5.32 Å². The lowest BCUT2D eigenvalue weighted by molar-refractivity contribution is -0.132. The molecule has 1 N–H and O–H groups in total. The summed E-state index contributed by atoms with van der Waals surface area (Å²) in [5.74, 6) is 0.362. The lowest BCUT2D eigenvalue weighted by Gasteiger charge is -2.07. The van der Waals surface area contributed by atoms with E-state index in [2.05, 4.69) is 10.3 Å². The van der Waals surface area contributed by atoms with Crippen LogP contribution in [0.3, 0.4) is 0 Å². The first-order valence-electron chi connectivity index (χ1n) is 3.84. The Kier molecular flexibility index (Phi) is 1.62. The lowest BCUT2D eigenvalue weighted by atomic mass is 10.2. The number of esters is 1. The van der Waals surface area contributed by atoms with E-state index in [4.69, 9.17) is 4.74 Å². The topological polar surface area (TPSA) is 50.7 Å². The fraction of sp³-hybridized carbons (Fsp3) is 0.714. The number of nitrogens with one attached hydrogen (secondary N) is 1. The molecule has 0 aliphatic carbocycles. The Hall–Kier alpha value is -0.900. The SMILES string of the molecule is O=C1CN=C([C@@H]2CCCN2)O1. The molecule has 1 saturated heterocycles. The number of hydrogen-bond acceptors (Lipinski definition) is 4. The van der Waals surface area contributed by atoms with Crippen molar-refractivity contribution in [2.24, 2.45) is 4.99 Å². The van der Waals surface area contributed by atoms with Crippen LogP contribution >= 0.6 is 0 Å². The molecule has 2 aliphatic heterocycles. The van der Waals surface area contributed by atoms with Gasteiger partial charge in [0.2, 0.25) is 5.90 Å². The van der Waals surface area contributed by atoms with Gasteiger partial charge in [0.05, 0.1) is 6.04 Å². The van der Waals surface area contributed by atoms with E-state index in [0.717, 1.165) is 19.4 Å². The molecule has 0 amide bonds. The van der Waals surface area contributed by atoms with E-state index in [1.165, 1.54) is 0 Å². The van der Waals surface area contributed by atoms with E-state index in [1.807, 2.05) is 0 Å². The number of carbonyl (C=O) groups excluding carboxylic acids is 1. The predicted molar refractivity (Wildman–Crippen MR) is 39.4 cm³/mol. The van der Waals surface area contributed by atoms with E-state index < -0.39 is 0 Å². The highest BCUT2D eigenvalue weighted by Gasteiger charge is 2.27. The molecule has 2 aliphatic rings. The molecule has 0 bridgehead atoms. The lowest BCUT2D eigenvalue weighted by Crippen LogP contribution is -2.31. The second-order valence-corrected chi connectivity index (χ2v) is 2.78. The average molecular weight is 154 g/mol. The summed E-state index contributed by atoms with van der Waals surface area (Å²) in [4.78, 5) is 14.6. The number of carbonyl (C=O) groups is 1. The summed E-state index contributed by atoms with van der Waals surface area (Å²) in [5, 5.41) is 3.21. The Labute approximate surface area is 64.6 Å². The Morgan fingerprint density at radius 2 is 2.55 bits per heavy atom. The summed E-state index contributed by atoms with van der Waals surface area (Å²) in [6, 6.07) is 0.196. The first-order chi connectivity index (χ1) is 5.36. The zero-order valence-electron chi connectivity index (χ0n) is 6.17. The van der Waals surface area contributed by atoms with Gasteiger partial charge in [0.25, 0.3) is 0 Å². The normalized spacial score (nSPS) is 30.4. The molecule has 0 aromatic heterocycles. The Morgan fingerprint density at radius 1 is 1.64 bits per heavy atom. The van der Waals surface area contributed by atoms with Crippen molar-refractivity contribution in [3.05, 3.63) is 0 Å². The Morgan fingerprint density at radius 3 is 3.09 bits per heavy atom. The summed E-state index contributed by atoms with van der Waals surface area (Å²) in [5.41, 5.74) is 0. The molecule has 2 rings (SSSR count). The summed E-state index contributed by atoms with van der Waals surface area (Å²) < 4.78 is 4.89. The average Bonchev–Trinajstić information content (AvgIpc) is 2.55. The minimum absolute atomic E-state index is 0.196. The highest BCUT2D eigenvalue weighted by Crippen LogP contribution is 2.10. The van der Waals surface area contributed by atoms with Gasteiger partial charge < -0.3 is 10.1 Å². The van der Waals surface area contributed by atoms with Crippen LogP contribution in [0.4, 0.5) is 0 Å². The highest BCUT2D eigenvalue weighted by molar-refractivity contribution is 5.97. The van der Waals surface area contributed by atoms with Crippen molar-refractivity contribution in [1.29, 1.82) is 0 Å². The van der Waals surface area contributed by atoms with Gasteiger partial charge in [-0.15, -0.1) is 0 Å². The van der Waals surface area contributed by atoms with Gasteiger partial charge in [0.15, 0.2) is 0 Å². The van der Waals surface area contributed by atoms with Crippen molar-refractivity contribution in [3.63, 3.8) is 0 Å². The van der Waals surface area contributed by atoms with Crippen molar-refractivity contribution in [1.82, 2.24) is 5.32 Å². The zero-order valence-corrected chi connectivity index (χ0v) is 6.17. The van der Waals surface area contributed by atoms with Gasteiger partial charge in [-0.25, -0.2) is 9.79 Å². The van der Waals surface area contributed by atoms with Gasteiger partial charge in [-0.3, -0.25) is 0 Å². The van der Waals surface area contributed by atoms with Gasteiger partial charge in [0.1, 0.15) is 6.54 Å². The van der Waals surface area contributed by atoms with Crippen LogP contribution in [0.2, 0.25) is 0 Å². The zero-order chi connectivity index (χ0) is 7.68. The molecule has 2 heterocycles. The molecule has 0 spiro atoms. The van der Waals surface area contributed by atoms with Crippen LogP contribution in [0.25, 0.3) is 0 Å². The number of nitrogens with zero attached hydrogens (tertiary/aromatic N) is 1. The van der Waals surface area contributed by atoms with Gasteiger partial charge in [-0.2, -0.15) is 0 Å². The number of aliphatic imine (C=N–C) groups is 1. The minimum Gasteiger partial charge on any atom is -0.409 e. The van der Waals surface area contributed by atoms with E-state index in [0.29, 0.717) is 5.90 Å². The second-order valence-electron chi connectivity index (χ2n) is 2.78. The van der Waals surface area contributed by atoms with E-state index in [-0.39, 0.29) is 18.6 Å². The molecule has 1 atom stereocenters. The summed E-state index contributed by atoms with van der Waals surface area (Å²) in [7, 11) is 0. The smallest absolute Gasteiger partial charge is 0.334 e. The maximum absolute atomic E-state index is 10.6. The standard InChI is InChI=1S/C7H10N2O2/c10-6-4-9-7(11-6)5-2-1-3-8-5/h5,8H,1-4H2/t5-/m0/s1. The molecule has 0 aromatic rings. The number of rotatable bonds is 1. The maximum atomic E-state index is 10.6. The first-order valence-corrected chi connectivity index (χ1v) is 3.84. The molecular formula is C7H10N2O2. The number of hydrogen-bond donors (Lipinski definition) is 1. The Balaban J connectivity index is 1.99. The van der Waals surface area contributed by atoms with Crippen LogP contribution in [0.15, 0.2) is 4.99 Å². The highest BCUT2D eigenvalue weighted by atomic mass is 16.6. The van der Waals surface area contributed by atoms with Gasteiger partial charge in [0, 0.05) is 0 Å². The largest absolute Gasteiger partial charge is 0.409 e. The maximum Gasteiger partial charge on any atom is 0.334 e. The van der Waals surface area contributed by atoms with Crippen LogP contribution in [-0.4, -0.2) is 31.0 Å². The molecular weight excluding hydrogens is 144 g/mol. The van der Waals surface area contributed by atoms with E-state index >= 15 is 0 Å². The van der Waals surface area contributed by atoms with Gasteiger partial charge >= 0.3 is 5.97 Å². The third-order valence-corrected chi connectivity index (χ3v) is 1.94. The summed E-state index contributed by atoms with van der Waals surface area (Å²) in [6.45, 7) is 1.20. The molecule has 0 radical (unpaired) electrons. The van der Waals surface area contributed by atoms with Crippen molar-refractivity contribution >= 4 is 11.9 Å². The fourth-order valence-electron chi connectivity index (χ4n) is 1.40. The van der Waals surface area contributed by atoms with Crippen molar-refractivity contribution in [2.75, 3.05) is 13.1 Å². The van der Waals surface area contributed by atoms with Crippen LogP contribution in [0.5, 0.6) is 0 Å². The molecule has 60 valence electrons. The van der Waals surface area contributed by atoms with Crippen LogP contribution in [0, 0.1) is 0 Å². The molecule has 4 nitrogen and oxygen atoms in total. The summed E-state index contributed by atoms with van der Waals surface area (Å²) in [6.07, 6.45) is 2.17. The molecule has 0 unspecified atom stereocenters. The Bertz CT molecular complexity index is 206. The molecule has 1 fully saturated rings. The minimum atomic E-state index is -0.228. The predicted octanol–water partition coefficient (Wildman–Crippen LogP) is -0.306. The molecule has 11 heavy (non-hydrogen) atoms. The number of cyclic esters (lactones) is 1. The first kappa shape index (κ1) is 6.79. The quantitative estimate of drug-likeness (QED) is 0.527. The van der Waals surface area contributed by atoms with E-state index in [1.54, 1.807) is 0 Å². The molecule has 0 aromatic carbocycles. The third-order valence-electron chi connectivity index (χ3n) is 1.94. The van der Waals surface area contributed by atoms with Gasteiger partial charge in [-0.1, -0.05) is 0 Å². The van der Waals surface area contributed by atoms with Crippen molar-refractivity contribution in [2.45, 2.75) is 18.9 Å². The van der Waals surface area contributed by atoms with Crippen molar-refractivity contribution in [3.8, 4) is 0 Å². The molecule has 0 saturated carbocycles. The second kappa shape index (κ2) is 2.62.